The molecule has 158 valence electrons. The van der Waals surface area contributed by atoms with Crippen molar-refractivity contribution >= 4 is 16.6 Å². The minimum absolute atomic E-state index is 0.745. The van der Waals surface area contributed by atoms with E-state index in [2.05, 4.69) is 60.5 Å². The van der Waals surface area contributed by atoms with E-state index in [1.165, 1.54) is 22.2 Å². The van der Waals surface area contributed by atoms with Gasteiger partial charge in [0.1, 0.15) is 0 Å². The number of nitrogens with zero attached hydrogens (tertiary/aromatic N) is 2. The molecule has 0 atom stereocenters. The SMILES string of the molecule is CCN(CC)CCNc1c2c(nc3ccccc13)-c1cc(OC)c(OC)cc1CC2. The van der Waals surface area contributed by atoms with E-state index in [9.17, 15) is 0 Å². The van der Waals surface area contributed by atoms with Gasteiger partial charge in [-0.1, -0.05) is 32.0 Å². The van der Waals surface area contributed by atoms with Crippen molar-refractivity contribution in [1.29, 1.82) is 0 Å². The van der Waals surface area contributed by atoms with Gasteiger partial charge in [-0.25, -0.2) is 4.98 Å². The Hall–Kier alpha value is -2.79. The third kappa shape index (κ3) is 3.70. The molecule has 0 bridgehead atoms. The molecule has 0 amide bonds. The highest BCUT2D eigenvalue weighted by Crippen LogP contribution is 2.43. The molecule has 1 heterocycles. The van der Waals surface area contributed by atoms with Crippen LogP contribution in [0.1, 0.15) is 25.0 Å². The smallest absolute Gasteiger partial charge is 0.161 e. The first-order valence-corrected chi connectivity index (χ1v) is 10.8. The van der Waals surface area contributed by atoms with Gasteiger partial charge in [0.15, 0.2) is 11.5 Å². The van der Waals surface area contributed by atoms with Crippen molar-refractivity contribution in [1.82, 2.24) is 9.88 Å². The summed E-state index contributed by atoms with van der Waals surface area (Å²) in [6, 6.07) is 12.6. The van der Waals surface area contributed by atoms with E-state index in [0.717, 1.165) is 67.3 Å². The predicted octanol–water partition coefficient (Wildman–Crippen LogP) is 4.77. The molecule has 2 aromatic carbocycles. The Morgan fingerprint density at radius 1 is 1.00 bits per heavy atom. The van der Waals surface area contributed by atoms with E-state index in [0.29, 0.717) is 0 Å². The normalized spacial score (nSPS) is 12.6. The Morgan fingerprint density at radius 2 is 1.73 bits per heavy atom. The molecule has 0 saturated heterocycles. The third-order valence-electron chi connectivity index (χ3n) is 6.13. The van der Waals surface area contributed by atoms with Crippen molar-refractivity contribution in [2.24, 2.45) is 0 Å². The van der Waals surface area contributed by atoms with Crippen LogP contribution in [-0.2, 0) is 12.8 Å². The number of aromatic nitrogens is 1. The van der Waals surface area contributed by atoms with Crippen LogP contribution in [0.5, 0.6) is 11.5 Å². The number of methoxy groups -OCH3 is 2. The highest BCUT2D eigenvalue weighted by molar-refractivity contribution is 5.97. The molecular weight excluding hydrogens is 374 g/mol. The molecule has 0 spiro atoms. The number of benzene rings is 2. The Labute approximate surface area is 179 Å². The van der Waals surface area contributed by atoms with Crippen LogP contribution in [0.2, 0.25) is 0 Å². The summed E-state index contributed by atoms with van der Waals surface area (Å²) in [5.41, 5.74) is 7.00. The number of hydrogen-bond donors (Lipinski definition) is 1. The quantitative estimate of drug-likeness (QED) is 0.585. The van der Waals surface area contributed by atoms with Gasteiger partial charge < -0.3 is 19.7 Å². The van der Waals surface area contributed by atoms with E-state index in [4.69, 9.17) is 14.5 Å². The molecule has 3 aromatic rings. The number of rotatable bonds is 8. The Kier molecular flexibility index (Phi) is 6.09. The summed E-state index contributed by atoms with van der Waals surface area (Å²) in [5.74, 6) is 1.52. The molecule has 0 unspecified atom stereocenters. The van der Waals surface area contributed by atoms with Crippen molar-refractivity contribution in [3.8, 4) is 22.8 Å². The molecule has 1 aliphatic rings. The minimum Gasteiger partial charge on any atom is -0.493 e. The van der Waals surface area contributed by atoms with Crippen molar-refractivity contribution in [2.45, 2.75) is 26.7 Å². The van der Waals surface area contributed by atoms with Gasteiger partial charge in [-0.2, -0.15) is 0 Å². The summed E-state index contributed by atoms with van der Waals surface area (Å²) in [5, 5.41) is 4.95. The zero-order valence-electron chi connectivity index (χ0n) is 18.4. The number of para-hydroxylation sites is 1. The zero-order valence-corrected chi connectivity index (χ0v) is 18.4. The maximum Gasteiger partial charge on any atom is 0.161 e. The fourth-order valence-electron chi connectivity index (χ4n) is 4.41. The second-order valence-electron chi connectivity index (χ2n) is 7.65. The van der Waals surface area contributed by atoms with E-state index >= 15 is 0 Å². The van der Waals surface area contributed by atoms with Crippen molar-refractivity contribution in [2.75, 3.05) is 45.7 Å². The molecule has 30 heavy (non-hydrogen) atoms. The van der Waals surface area contributed by atoms with Crippen LogP contribution in [0.4, 0.5) is 5.69 Å². The van der Waals surface area contributed by atoms with Crippen LogP contribution >= 0.6 is 0 Å². The molecule has 1 aliphatic carbocycles. The summed E-state index contributed by atoms with van der Waals surface area (Å²) in [4.78, 5) is 7.52. The molecular formula is C25H31N3O2. The molecule has 4 rings (SSSR count). The molecule has 5 heteroatoms. The monoisotopic (exact) mass is 405 g/mol. The highest BCUT2D eigenvalue weighted by Gasteiger charge is 2.24. The Balaban J connectivity index is 1.80. The van der Waals surface area contributed by atoms with Crippen LogP contribution in [0.15, 0.2) is 36.4 Å². The number of ether oxygens (including phenoxy) is 2. The van der Waals surface area contributed by atoms with E-state index in [-0.39, 0.29) is 0 Å². The molecule has 0 fully saturated rings. The number of anilines is 1. The number of hydrogen-bond acceptors (Lipinski definition) is 5. The van der Waals surface area contributed by atoms with Gasteiger partial charge in [-0.3, -0.25) is 0 Å². The average Bonchev–Trinajstić information content (AvgIpc) is 2.80. The van der Waals surface area contributed by atoms with Gasteiger partial charge >= 0.3 is 0 Å². The van der Waals surface area contributed by atoms with Crippen LogP contribution in [0.25, 0.3) is 22.2 Å². The summed E-state index contributed by atoms with van der Waals surface area (Å²) < 4.78 is 11.1. The van der Waals surface area contributed by atoms with E-state index in [1.807, 2.05) is 0 Å². The van der Waals surface area contributed by atoms with Crippen LogP contribution in [0.3, 0.4) is 0 Å². The first kappa shape index (κ1) is 20.5. The minimum atomic E-state index is 0.745. The second-order valence-corrected chi connectivity index (χ2v) is 7.65. The first-order chi connectivity index (χ1) is 14.7. The topological polar surface area (TPSA) is 46.6 Å². The fraction of sp³-hybridized carbons (Fsp3) is 0.400. The fourth-order valence-corrected chi connectivity index (χ4v) is 4.41. The van der Waals surface area contributed by atoms with Gasteiger partial charge in [0.25, 0.3) is 0 Å². The van der Waals surface area contributed by atoms with Gasteiger partial charge in [0.2, 0.25) is 0 Å². The average molecular weight is 406 g/mol. The van der Waals surface area contributed by atoms with E-state index < -0.39 is 0 Å². The first-order valence-electron chi connectivity index (χ1n) is 10.8. The number of aryl methyl sites for hydroxylation is 1. The van der Waals surface area contributed by atoms with Crippen LogP contribution in [-0.4, -0.2) is 50.3 Å². The molecule has 1 aromatic heterocycles. The van der Waals surface area contributed by atoms with Gasteiger partial charge in [0, 0.05) is 35.3 Å². The maximum atomic E-state index is 5.58. The second kappa shape index (κ2) is 8.92. The summed E-state index contributed by atoms with van der Waals surface area (Å²) in [6.07, 6.45) is 1.93. The predicted molar refractivity (Wildman–Crippen MR) is 124 cm³/mol. The lowest BCUT2D eigenvalue weighted by Gasteiger charge is -2.26. The van der Waals surface area contributed by atoms with Crippen molar-refractivity contribution in [3.63, 3.8) is 0 Å². The third-order valence-corrected chi connectivity index (χ3v) is 6.13. The van der Waals surface area contributed by atoms with Crippen molar-refractivity contribution < 1.29 is 9.47 Å². The van der Waals surface area contributed by atoms with Crippen molar-refractivity contribution in [3.05, 3.63) is 47.5 Å². The Morgan fingerprint density at radius 3 is 2.47 bits per heavy atom. The molecule has 5 nitrogen and oxygen atoms in total. The number of likely N-dealkylation sites (N-methyl/N-ethyl adjacent to an activating group) is 1. The van der Waals surface area contributed by atoms with E-state index in [1.54, 1.807) is 14.2 Å². The van der Waals surface area contributed by atoms with Crippen LogP contribution in [0, 0.1) is 0 Å². The molecule has 1 N–H and O–H groups in total. The molecule has 0 aliphatic heterocycles. The molecule has 0 radical (unpaired) electrons. The summed E-state index contributed by atoms with van der Waals surface area (Å²) >= 11 is 0. The van der Waals surface area contributed by atoms with Gasteiger partial charge in [-0.15, -0.1) is 0 Å². The Bertz CT molecular complexity index is 1040. The van der Waals surface area contributed by atoms with Gasteiger partial charge in [-0.05, 0) is 49.7 Å². The lowest BCUT2D eigenvalue weighted by molar-refractivity contribution is 0.316. The van der Waals surface area contributed by atoms with Gasteiger partial charge in [0.05, 0.1) is 25.4 Å². The standard InChI is InChI=1S/C25H31N3O2/c1-5-28(6-2)14-13-26-24-18-9-7-8-10-21(18)27-25-19(24)12-11-17-15-22(29-3)23(30-4)16-20(17)25/h7-10,15-16H,5-6,11-14H2,1-4H3,(H,26,27). The van der Waals surface area contributed by atoms with Crippen LogP contribution < -0.4 is 14.8 Å². The maximum absolute atomic E-state index is 5.58. The summed E-state index contributed by atoms with van der Waals surface area (Å²) in [6.45, 7) is 8.52. The lowest BCUT2D eigenvalue weighted by Crippen LogP contribution is -2.29. The molecule has 0 saturated carbocycles. The highest BCUT2D eigenvalue weighted by atomic mass is 16.5. The summed E-state index contributed by atoms with van der Waals surface area (Å²) in [7, 11) is 3.37. The zero-order chi connectivity index (χ0) is 21.1. The number of fused-ring (bicyclic) bond motifs is 4. The lowest BCUT2D eigenvalue weighted by atomic mass is 9.86. The number of pyridine rings is 1. The largest absolute Gasteiger partial charge is 0.493 e. The number of nitrogens with one attached hydrogen (secondary N) is 1.